The van der Waals surface area contributed by atoms with Gasteiger partial charge in [0.25, 0.3) is 0 Å². The predicted molar refractivity (Wildman–Crippen MR) is 34.0 cm³/mol. The monoisotopic (exact) mass is 131 g/mol. The van der Waals surface area contributed by atoms with Crippen LogP contribution < -0.4 is 5.48 Å². The highest BCUT2D eigenvalue weighted by molar-refractivity contribution is 4.66. The molecule has 0 aliphatic carbocycles. The van der Waals surface area contributed by atoms with E-state index < -0.39 is 0 Å². The van der Waals surface area contributed by atoms with Gasteiger partial charge < -0.3 is 9.57 Å². The zero-order valence-corrected chi connectivity index (χ0v) is 5.72. The van der Waals surface area contributed by atoms with Crippen LogP contribution in [0.3, 0.4) is 0 Å². The van der Waals surface area contributed by atoms with Gasteiger partial charge in [-0.25, -0.2) is 0 Å². The molecule has 1 aliphatic rings. The molecule has 0 bridgehead atoms. The maximum atomic E-state index is 5.11. The molecule has 9 heavy (non-hydrogen) atoms. The molecule has 0 spiro atoms. The smallest absolute Gasteiger partial charge is 0.0654 e. The molecule has 1 fully saturated rings. The Kier molecular flexibility index (Phi) is 2.97. The summed E-state index contributed by atoms with van der Waals surface area (Å²) in [4.78, 5) is 4.99. The normalized spacial score (nSPS) is 27.0. The highest BCUT2D eigenvalue weighted by Gasteiger charge is 2.14. The van der Waals surface area contributed by atoms with Crippen LogP contribution in [0.5, 0.6) is 0 Å². The lowest BCUT2D eigenvalue weighted by Gasteiger charge is -2.07. The maximum Gasteiger partial charge on any atom is 0.0654 e. The lowest BCUT2D eigenvalue weighted by atomic mass is 10.3. The van der Waals surface area contributed by atoms with Gasteiger partial charge in [-0.3, -0.25) is 0 Å². The van der Waals surface area contributed by atoms with Crippen molar-refractivity contribution in [1.29, 1.82) is 0 Å². The zero-order chi connectivity index (χ0) is 6.53. The molecule has 1 unspecified atom stereocenters. The molecule has 1 heterocycles. The predicted octanol–water partition coefficient (Wildman–Crippen LogP) is 0.316. The summed E-state index contributed by atoms with van der Waals surface area (Å²) in [5.41, 5.74) is 2.91. The number of hydrogen-bond donors (Lipinski definition) is 1. The van der Waals surface area contributed by atoms with Crippen molar-refractivity contribution in [2.45, 2.75) is 19.4 Å². The van der Waals surface area contributed by atoms with E-state index in [4.69, 9.17) is 9.57 Å². The fourth-order valence-corrected chi connectivity index (χ4v) is 0.829. The molecule has 1 N–H and O–H groups in total. The molecule has 3 heteroatoms. The van der Waals surface area contributed by atoms with E-state index in [-0.39, 0.29) is 0 Å². The summed E-state index contributed by atoms with van der Waals surface area (Å²) in [7, 11) is 0. The van der Waals surface area contributed by atoms with Crippen LogP contribution in [-0.4, -0.2) is 25.9 Å². The highest BCUT2D eigenvalue weighted by atomic mass is 16.6. The van der Waals surface area contributed by atoms with E-state index in [9.17, 15) is 0 Å². The largest absolute Gasteiger partial charge is 0.380 e. The Hall–Kier alpha value is -0.120. The van der Waals surface area contributed by atoms with E-state index in [0.717, 1.165) is 26.2 Å². The third-order valence-corrected chi connectivity index (χ3v) is 1.32. The molecule has 1 atom stereocenters. The number of rotatable bonds is 3. The Morgan fingerprint density at radius 1 is 1.78 bits per heavy atom. The average Bonchev–Trinajstić information content (AvgIpc) is 2.34. The van der Waals surface area contributed by atoms with Gasteiger partial charge in [0.15, 0.2) is 0 Å². The Bertz CT molecular complexity index is 71.5. The number of ether oxygens (including phenoxy) is 1. The van der Waals surface area contributed by atoms with E-state index in [1.54, 1.807) is 0 Å². The molecule has 0 saturated carbocycles. The molecule has 0 amide bonds. The maximum absolute atomic E-state index is 5.11. The topological polar surface area (TPSA) is 30.5 Å². The van der Waals surface area contributed by atoms with Gasteiger partial charge in [0.05, 0.1) is 19.3 Å². The molecule has 54 valence electrons. The first-order valence-corrected chi connectivity index (χ1v) is 3.38. The Balaban J connectivity index is 1.98. The molecule has 0 radical (unpaired) electrons. The third-order valence-electron chi connectivity index (χ3n) is 1.32. The quantitative estimate of drug-likeness (QED) is 0.559. The number of hydrogen-bond acceptors (Lipinski definition) is 3. The molecular weight excluding hydrogens is 118 g/mol. The lowest BCUT2D eigenvalue weighted by Crippen LogP contribution is -2.29. The van der Waals surface area contributed by atoms with Crippen molar-refractivity contribution < 1.29 is 9.57 Å². The standard InChI is InChI=1S/C6H13NO2/c1-2-9-7-6-3-4-8-5-6/h6-7H,2-5H2,1H3. The van der Waals surface area contributed by atoms with Crippen molar-refractivity contribution in [2.24, 2.45) is 0 Å². The van der Waals surface area contributed by atoms with Crippen molar-refractivity contribution >= 4 is 0 Å². The first-order valence-electron chi connectivity index (χ1n) is 3.38. The van der Waals surface area contributed by atoms with Crippen LogP contribution >= 0.6 is 0 Å². The molecule has 1 aliphatic heterocycles. The Morgan fingerprint density at radius 3 is 3.22 bits per heavy atom. The average molecular weight is 131 g/mol. The summed E-state index contributed by atoms with van der Waals surface area (Å²) >= 11 is 0. The van der Waals surface area contributed by atoms with Gasteiger partial charge in [0, 0.05) is 6.61 Å². The minimum absolute atomic E-state index is 0.421. The van der Waals surface area contributed by atoms with Crippen LogP contribution in [-0.2, 0) is 9.57 Å². The van der Waals surface area contributed by atoms with Crippen molar-refractivity contribution in [1.82, 2.24) is 5.48 Å². The van der Waals surface area contributed by atoms with Crippen LogP contribution in [0.2, 0.25) is 0 Å². The number of hydroxylamine groups is 1. The van der Waals surface area contributed by atoms with Crippen LogP contribution in [0.25, 0.3) is 0 Å². The summed E-state index contributed by atoms with van der Waals surface area (Å²) in [6, 6.07) is 0.421. The fraction of sp³-hybridized carbons (Fsp3) is 1.00. The van der Waals surface area contributed by atoms with Gasteiger partial charge in [0.1, 0.15) is 0 Å². The van der Waals surface area contributed by atoms with Crippen molar-refractivity contribution in [3.63, 3.8) is 0 Å². The minimum atomic E-state index is 0.421. The van der Waals surface area contributed by atoms with Gasteiger partial charge in [-0.2, -0.15) is 5.48 Å². The first-order chi connectivity index (χ1) is 4.43. The van der Waals surface area contributed by atoms with E-state index in [1.807, 2.05) is 6.92 Å². The molecule has 3 nitrogen and oxygen atoms in total. The number of nitrogens with one attached hydrogen (secondary N) is 1. The van der Waals surface area contributed by atoms with E-state index in [2.05, 4.69) is 5.48 Å². The second kappa shape index (κ2) is 3.82. The lowest BCUT2D eigenvalue weighted by molar-refractivity contribution is 0.0215. The summed E-state index contributed by atoms with van der Waals surface area (Å²) in [5, 5.41) is 0. The summed E-state index contributed by atoms with van der Waals surface area (Å²) in [6.07, 6.45) is 1.07. The molecule has 1 saturated heterocycles. The van der Waals surface area contributed by atoms with E-state index >= 15 is 0 Å². The molecule has 0 aromatic carbocycles. The first kappa shape index (κ1) is 6.99. The molecule has 1 rings (SSSR count). The SMILES string of the molecule is CCONC1CCOC1. The van der Waals surface area contributed by atoms with Crippen LogP contribution in [0.15, 0.2) is 0 Å². The fourth-order valence-electron chi connectivity index (χ4n) is 0.829. The van der Waals surface area contributed by atoms with Crippen molar-refractivity contribution in [3.8, 4) is 0 Å². The van der Waals surface area contributed by atoms with Crippen molar-refractivity contribution in [3.05, 3.63) is 0 Å². The second-order valence-corrected chi connectivity index (χ2v) is 2.11. The van der Waals surface area contributed by atoms with E-state index in [0.29, 0.717) is 6.04 Å². The van der Waals surface area contributed by atoms with Crippen LogP contribution in [0.4, 0.5) is 0 Å². The van der Waals surface area contributed by atoms with Crippen LogP contribution in [0.1, 0.15) is 13.3 Å². The molecular formula is C6H13NO2. The Labute approximate surface area is 55.3 Å². The summed E-state index contributed by atoms with van der Waals surface area (Å²) in [5.74, 6) is 0. The Morgan fingerprint density at radius 2 is 2.67 bits per heavy atom. The second-order valence-electron chi connectivity index (χ2n) is 2.11. The van der Waals surface area contributed by atoms with Gasteiger partial charge >= 0.3 is 0 Å². The van der Waals surface area contributed by atoms with Crippen LogP contribution in [0, 0.1) is 0 Å². The summed E-state index contributed by atoms with van der Waals surface area (Å²) in [6.45, 7) is 4.34. The zero-order valence-electron chi connectivity index (χ0n) is 5.72. The van der Waals surface area contributed by atoms with Gasteiger partial charge in [-0.05, 0) is 13.3 Å². The highest BCUT2D eigenvalue weighted by Crippen LogP contribution is 2.02. The van der Waals surface area contributed by atoms with E-state index in [1.165, 1.54) is 0 Å². The van der Waals surface area contributed by atoms with Crippen molar-refractivity contribution in [2.75, 3.05) is 19.8 Å². The summed E-state index contributed by atoms with van der Waals surface area (Å²) < 4.78 is 5.11. The minimum Gasteiger partial charge on any atom is -0.380 e. The molecule has 0 aromatic heterocycles. The van der Waals surface area contributed by atoms with Gasteiger partial charge in [0.2, 0.25) is 0 Å². The third kappa shape index (κ3) is 2.30. The van der Waals surface area contributed by atoms with Gasteiger partial charge in [-0.1, -0.05) is 0 Å². The van der Waals surface area contributed by atoms with Gasteiger partial charge in [-0.15, -0.1) is 0 Å². The molecule has 0 aromatic rings.